The van der Waals surface area contributed by atoms with Gasteiger partial charge in [0.15, 0.2) is 0 Å². The number of aromatic nitrogens is 5. The van der Waals surface area contributed by atoms with Crippen molar-refractivity contribution in [3.8, 4) is 0 Å². The van der Waals surface area contributed by atoms with Crippen LogP contribution < -0.4 is 10.2 Å². The van der Waals surface area contributed by atoms with Crippen LogP contribution in [0.1, 0.15) is 67.8 Å². The average molecular weight is 513 g/mol. The number of H-pyrrole nitrogens is 1. The fourth-order valence-corrected chi connectivity index (χ4v) is 5.30. The van der Waals surface area contributed by atoms with Crippen LogP contribution in [0.3, 0.4) is 0 Å². The van der Waals surface area contributed by atoms with Gasteiger partial charge in [0.1, 0.15) is 5.52 Å². The maximum Gasteiger partial charge on any atom is 0.251 e. The van der Waals surface area contributed by atoms with Crippen molar-refractivity contribution in [1.82, 2.24) is 35.6 Å². The number of amides is 1. The largest absolute Gasteiger partial charge is 0.351 e. The molecule has 1 fully saturated rings. The van der Waals surface area contributed by atoms with Crippen LogP contribution in [-0.2, 0) is 0 Å². The molecule has 4 aromatic rings. The van der Waals surface area contributed by atoms with E-state index in [4.69, 9.17) is 4.98 Å². The van der Waals surface area contributed by atoms with Gasteiger partial charge in [-0.15, -0.1) is 5.10 Å². The Hall–Kier alpha value is -3.85. The number of rotatable bonds is 10. The van der Waals surface area contributed by atoms with Gasteiger partial charge in [0.2, 0.25) is 11.6 Å². The molecule has 9 nitrogen and oxygen atoms in total. The third kappa shape index (κ3) is 5.67. The fraction of sp³-hybridized carbons (Fsp3) is 0.414. The Morgan fingerprint density at radius 3 is 2.53 bits per heavy atom. The number of aromatic amines is 1. The Balaban J connectivity index is 1.46. The number of fused-ring (bicyclic) bond motifs is 1. The number of hydrogen-bond acceptors (Lipinski definition) is 7. The summed E-state index contributed by atoms with van der Waals surface area (Å²) < 4.78 is 0. The van der Waals surface area contributed by atoms with Crippen LogP contribution >= 0.6 is 0 Å². The van der Waals surface area contributed by atoms with E-state index >= 15 is 0 Å². The second-order valence-corrected chi connectivity index (χ2v) is 9.76. The summed E-state index contributed by atoms with van der Waals surface area (Å²) in [6.07, 6.45) is 7.85. The molecule has 0 radical (unpaired) electrons. The number of anilines is 3. The monoisotopic (exact) mass is 512 g/mol. The third-order valence-electron chi connectivity index (χ3n) is 7.48. The summed E-state index contributed by atoms with van der Waals surface area (Å²) in [5.74, 6) is 0.943. The highest BCUT2D eigenvalue weighted by molar-refractivity contribution is 5.94. The highest BCUT2D eigenvalue weighted by atomic mass is 16.1. The molecule has 1 amide bonds. The number of likely N-dealkylation sites (N-methyl/N-ethyl adjacent to an activating group) is 1. The lowest BCUT2D eigenvalue weighted by atomic mass is 9.83. The summed E-state index contributed by atoms with van der Waals surface area (Å²) in [4.78, 5) is 26.6. The minimum atomic E-state index is -0.0712. The lowest BCUT2D eigenvalue weighted by molar-refractivity contribution is 0.0949. The van der Waals surface area contributed by atoms with Crippen LogP contribution in [0.5, 0.6) is 0 Å². The maximum atomic E-state index is 12.8. The molecule has 0 bridgehead atoms. The van der Waals surface area contributed by atoms with Gasteiger partial charge in [-0.05, 0) is 67.7 Å². The van der Waals surface area contributed by atoms with E-state index in [9.17, 15) is 4.79 Å². The number of hydrogen-bond donors (Lipinski definition) is 2. The lowest BCUT2D eigenvalue weighted by Crippen LogP contribution is -2.34. The number of benzene rings is 2. The van der Waals surface area contributed by atoms with Crippen molar-refractivity contribution in [2.24, 2.45) is 0 Å². The number of carbonyl (C=O) groups is 1. The van der Waals surface area contributed by atoms with Crippen molar-refractivity contribution in [3.63, 3.8) is 0 Å². The van der Waals surface area contributed by atoms with Crippen LogP contribution in [0.2, 0.25) is 0 Å². The molecule has 5 rings (SSSR count). The third-order valence-corrected chi connectivity index (χ3v) is 7.48. The van der Waals surface area contributed by atoms with Gasteiger partial charge in [-0.25, -0.2) is 4.98 Å². The summed E-state index contributed by atoms with van der Waals surface area (Å²) >= 11 is 0. The zero-order valence-corrected chi connectivity index (χ0v) is 22.2. The van der Waals surface area contributed by atoms with Crippen molar-refractivity contribution >= 4 is 34.4 Å². The van der Waals surface area contributed by atoms with E-state index < -0.39 is 0 Å². The van der Waals surface area contributed by atoms with E-state index in [0.717, 1.165) is 31.0 Å². The van der Waals surface area contributed by atoms with E-state index in [2.05, 4.69) is 73.6 Å². The molecule has 9 heteroatoms. The standard InChI is InChI=1S/C29H36N8O/c1-3-36(4-2)19-18-30-28(38)22-14-16-23(17-15-22)37(29-31-20-25-27(32-29)34-35-33-25)26-13-9-8-12-24(26)21-10-6-5-7-11-21/h8-9,12-17,20-21H,3-7,10-11,18-19H2,1-2H3,(H,30,38)(H,31,32,33,34,35). The van der Waals surface area contributed by atoms with E-state index in [0.29, 0.717) is 35.1 Å². The average Bonchev–Trinajstić information content (AvgIpc) is 3.45. The normalized spacial score (nSPS) is 14.2. The molecule has 1 aliphatic carbocycles. The van der Waals surface area contributed by atoms with Gasteiger partial charge in [-0.2, -0.15) is 15.3 Å². The molecule has 0 atom stereocenters. The first kappa shape index (κ1) is 25.8. The molecule has 2 N–H and O–H groups in total. The second kappa shape index (κ2) is 12.1. The van der Waals surface area contributed by atoms with Crippen LogP contribution in [0.4, 0.5) is 17.3 Å². The van der Waals surface area contributed by atoms with Gasteiger partial charge in [0, 0.05) is 24.3 Å². The van der Waals surface area contributed by atoms with Gasteiger partial charge in [0.25, 0.3) is 5.91 Å². The van der Waals surface area contributed by atoms with E-state index in [-0.39, 0.29) is 5.91 Å². The predicted octanol–water partition coefficient (Wildman–Crippen LogP) is 5.34. The van der Waals surface area contributed by atoms with Gasteiger partial charge < -0.3 is 10.2 Å². The molecular formula is C29H36N8O. The van der Waals surface area contributed by atoms with Crippen molar-refractivity contribution in [2.45, 2.75) is 51.9 Å². The zero-order valence-electron chi connectivity index (χ0n) is 22.2. The number of carbonyl (C=O) groups excluding carboxylic acids is 1. The minimum Gasteiger partial charge on any atom is -0.351 e. The Labute approximate surface area is 223 Å². The molecule has 1 saturated carbocycles. The SMILES string of the molecule is CCN(CC)CCNC(=O)c1ccc(N(c2ncc3n[nH]nc3n2)c2ccccc2C2CCCCC2)cc1. The fourth-order valence-electron chi connectivity index (χ4n) is 5.30. The Kier molecular flexibility index (Phi) is 8.23. The highest BCUT2D eigenvalue weighted by Crippen LogP contribution is 2.42. The van der Waals surface area contributed by atoms with Crippen LogP contribution in [0.15, 0.2) is 54.7 Å². The van der Waals surface area contributed by atoms with Crippen LogP contribution in [-0.4, -0.2) is 62.4 Å². The molecule has 0 aliphatic heterocycles. The summed E-state index contributed by atoms with van der Waals surface area (Å²) in [6, 6.07) is 16.2. The predicted molar refractivity (Wildman–Crippen MR) is 150 cm³/mol. The second-order valence-electron chi connectivity index (χ2n) is 9.76. The summed E-state index contributed by atoms with van der Waals surface area (Å²) in [5, 5.41) is 14.0. The van der Waals surface area contributed by atoms with Gasteiger partial charge in [0.05, 0.1) is 11.9 Å². The van der Waals surface area contributed by atoms with Crippen LogP contribution in [0, 0.1) is 0 Å². The Morgan fingerprint density at radius 2 is 1.76 bits per heavy atom. The molecule has 1 aliphatic rings. The first-order valence-electron chi connectivity index (χ1n) is 13.7. The molecule has 0 saturated heterocycles. The number of nitrogens with zero attached hydrogens (tertiary/aromatic N) is 6. The Bertz CT molecular complexity index is 1340. The van der Waals surface area contributed by atoms with E-state index in [1.54, 1.807) is 6.20 Å². The first-order chi connectivity index (χ1) is 18.7. The maximum absolute atomic E-state index is 12.8. The minimum absolute atomic E-state index is 0.0712. The topological polar surface area (TPSA) is 103 Å². The molecule has 2 heterocycles. The molecule has 0 unspecified atom stereocenters. The molecular weight excluding hydrogens is 476 g/mol. The first-order valence-corrected chi connectivity index (χ1v) is 13.7. The highest BCUT2D eigenvalue weighted by Gasteiger charge is 2.24. The molecule has 38 heavy (non-hydrogen) atoms. The number of nitrogens with one attached hydrogen (secondary N) is 2. The quantitative estimate of drug-likeness (QED) is 0.296. The van der Waals surface area contributed by atoms with Crippen molar-refractivity contribution in [3.05, 3.63) is 65.9 Å². The van der Waals surface area contributed by atoms with Gasteiger partial charge in [-0.3, -0.25) is 9.69 Å². The van der Waals surface area contributed by atoms with Gasteiger partial charge >= 0.3 is 0 Å². The summed E-state index contributed by atoms with van der Waals surface area (Å²) in [7, 11) is 0. The lowest BCUT2D eigenvalue weighted by Gasteiger charge is -2.30. The van der Waals surface area contributed by atoms with E-state index in [1.807, 2.05) is 24.3 Å². The van der Waals surface area contributed by atoms with Gasteiger partial charge in [-0.1, -0.05) is 51.3 Å². The van der Waals surface area contributed by atoms with Crippen molar-refractivity contribution in [2.75, 3.05) is 31.1 Å². The summed E-state index contributed by atoms with van der Waals surface area (Å²) in [5.41, 5.74) is 5.00. The Morgan fingerprint density at radius 1 is 1.00 bits per heavy atom. The molecule has 2 aromatic carbocycles. The smallest absolute Gasteiger partial charge is 0.251 e. The van der Waals surface area contributed by atoms with Crippen LogP contribution in [0.25, 0.3) is 11.2 Å². The molecule has 198 valence electrons. The zero-order chi connectivity index (χ0) is 26.3. The van der Waals surface area contributed by atoms with E-state index in [1.165, 1.54) is 37.7 Å². The van der Waals surface area contributed by atoms with Crippen molar-refractivity contribution in [1.29, 1.82) is 0 Å². The molecule has 0 spiro atoms. The summed E-state index contributed by atoms with van der Waals surface area (Å²) in [6.45, 7) is 7.67. The van der Waals surface area contributed by atoms with Crippen molar-refractivity contribution < 1.29 is 4.79 Å². The number of para-hydroxylation sites is 1. The molecule has 2 aromatic heterocycles.